The summed E-state index contributed by atoms with van der Waals surface area (Å²) >= 11 is 6.12. The van der Waals surface area contributed by atoms with E-state index in [1.807, 2.05) is 6.08 Å². The molecule has 130 valence electrons. The van der Waals surface area contributed by atoms with E-state index < -0.39 is 5.91 Å². The van der Waals surface area contributed by atoms with Crippen LogP contribution in [0.1, 0.15) is 48.0 Å². The van der Waals surface area contributed by atoms with Gasteiger partial charge in [-0.15, -0.1) is 0 Å². The molecule has 1 aromatic carbocycles. The number of halogens is 1. The number of fused-ring (bicyclic) bond motifs is 1. The smallest absolute Gasteiger partial charge is 0.257 e. The van der Waals surface area contributed by atoms with Crippen LogP contribution in [0.5, 0.6) is 11.5 Å². The predicted octanol–water partition coefficient (Wildman–Crippen LogP) is 3.46. The van der Waals surface area contributed by atoms with Gasteiger partial charge in [0.15, 0.2) is 0 Å². The Bertz CT molecular complexity index is 669. The molecule has 2 rings (SSSR count). The van der Waals surface area contributed by atoms with Crippen LogP contribution in [0.15, 0.2) is 18.2 Å². The second-order valence-corrected chi connectivity index (χ2v) is 6.41. The fraction of sp³-hybridized carbons (Fsp3) is 0.444. The average Bonchev–Trinajstić information content (AvgIpc) is 2.53. The van der Waals surface area contributed by atoms with Crippen LogP contribution in [-0.4, -0.2) is 40.4 Å². The van der Waals surface area contributed by atoms with Crippen molar-refractivity contribution in [1.82, 2.24) is 4.90 Å². The molecule has 0 bridgehead atoms. The first-order valence-corrected chi connectivity index (χ1v) is 8.45. The molecular weight excluding hydrogens is 330 g/mol. The highest BCUT2D eigenvalue weighted by Crippen LogP contribution is 2.37. The Morgan fingerprint density at radius 3 is 2.54 bits per heavy atom. The number of amides is 1. The zero-order valence-corrected chi connectivity index (χ0v) is 14.5. The minimum Gasteiger partial charge on any atom is -0.507 e. The fourth-order valence-electron chi connectivity index (χ4n) is 2.75. The SMILES string of the molecule is CN1CC/C=C\CCCCC(=O)Cc2c(Cl)c(O)cc(O)c2C1=O. The van der Waals surface area contributed by atoms with Gasteiger partial charge < -0.3 is 15.1 Å². The Hall–Kier alpha value is -2.01. The van der Waals surface area contributed by atoms with Gasteiger partial charge in [0.05, 0.1) is 10.6 Å². The molecule has 0 radical (unpaired) electrons. The molecule has 1 amide bonds. The Kier molecular flexibility index (Phi) is 6.26. The first-order chi connectivity index (χ1) is 11.4. The van der Waals surface area contributed by atoms with E-state index in [2.05, 4.69) is 6.08 Å². The van der Waals surface area contributed by atoms with E-state index in [1.165, 1.54) is 4.90 Å². The normalized spacial score (nSPS) is 18.8. The van der Waals surface area contributed by atoms with Crippen LogP contribution in [0.25, 0.3) is 0 Å². The lowest BCUT2D eigenvalue weighted by atomic mass is 9.97. The molecule has 1 aliphatic heterocycles. The predicted molar refractivity (Wildman–Crippen MR) is 92.7 cm³/mol. The Labute approximate surface area is 146 Å². The topological polar surface area (TPSA) is 77.8 Å². The molecule has 24 heavy (non-hydrogen) atoms. The number of nitrogens with zero attached hydrogens (tertiary/aromatic N) is 1. The van der Waals surface area contributed by atoms with Crippen LogP contribution in [0, 0.1) is 0 Å². The highest BCUT2D eigenvalue weighted by atomic mass is 35.5. The first kappa shape index (κ1) is 18.3. The van der Waals surface area contributed by atoms with E-state index >= 15 is 0 Å². The summed E-state index contributed by atoms with van der Waals surface area (Å²) in [7, 11) is 1.63. The molecule has 1 aliphatic rings. The van der Waals surface area contributed by atoms with Gasteiger partial charge in [0, 0.05) is 32.5 Å². The van der Waals surface area contributed by atoms with Crippen molar-refractivity contribution in [3.05, 3.63) is 34.4 Å². The van der Waals surface area contributed by atoms with E-state index in [1.54, 1.807) is 7.05 Å². The van der Waals surface area contributed by atoms with Crippen LogP contribution in [0.2, 0.25) is 5.02 Å². The third kappa shape index (κ3) is 4.29. The molecule has 5 nitrogen and oxygen atoms in total. The van der Waals surface area contributed by atoms with Crippen molar-refractivity contribution in [2.45, 2.75) is 38.5 Å². The number of carbonyl (C=O) groups is 2. The maximum absolute atomic E-state index is 12.7. The number of aromatic hydroxyl groups is 2. The summed E-state index contributed by atoms with van der Waals surface area (Å²) in [6, 6.07) is 1.04. The van der Waals surface area contributed by atoms with Gasteiger partial charge in [-0.2, -0.15) is 0 Å². The lowest BCUT2D eigenvalue weighted by molar-refractivity contribution is -0.118. The van der Waals surface area contributed by atoms with Gasteiger partial charge in [0.1, 0.15) is 17.3 Å². The van der Waals surface area contributed by atoms with Crippen molar-refractivity contribution in [2.75, 3.05) is 13.6 Å². The van der Waals surface area contributed by atoms with Crippen molar-refractivity contribution in [2.24, 2.45) is 0 Å². The fourth-order valence-corrected chi connectivity index (χ4v) is 2.97. The van der Waals surface area contributed by atoms with E-state index in [9.17, 15) is 19.8 Å². The van der Waals surface area contributed by atoms with E-state index in [0.29, 0.717) is 19.4 Å². The summed E-state index contributed by atoms with van der Waals surface area (Å²) < 4.78 is 0. The van der Waals surface area contributed by atoms with Gasteiger partial charge in [-0.3, -0.25) is 9.59 Å². The molecule has 0 saturated heterocycles. The maximum Gasteiger partial charge on any atom is 0.257 e. The monoisotopic (exact) mass is 351 g/mol. The summed E-state index contributed by atoms with van der Waals surface area (Å²) in [5.74, 6) is -1.18. The maximum atomic E-state index is 12.7. The van der Waals surface area contributed by atoms with Crippen molar-refractivity contribution in [3.63, 3.8) is 0 Å². The van der Waals surface area contributed by atoms with E-state index in [-0.39, 0.29) is 39.9 Å². The summed E-state index contributed by atoms with van der Waals surface area (Å²) in [6.45, 7) is 0.487. The number of benzene rings is 1. The Morgan fingerprint density at radius 1 is 1.08 bits per heavy atom. The molecule has 1 aromatic rings. The molecule has 2 N–H and O–H groups in total. The Morgan fingerprint density at radius 2 is 1.79 bits per heavy atom. The van der Waals surface area contributed by atoms with Crippen LogP contribution >= 0.6 is 11.6 Å². The number of carbonyl (C=O) groups excluding carboxylic acids is 2. The molecule has 0 unspecified atom stereocenters. The molecule has 0 spiro atoms. The van der Waals surface area contributed by atoms with Gasteiger partial charge in [0.2, 0.25) is 0 Å². The average molecular weight is 352 g/mol. The van der Waals surface area contributed by atoms with Gasteiger partial charge in [-0.1, -0.05) is 23.8 Å². The Balaban J connectivity index is 2.45. The molecule has 1 heterocycles. The number of phenolic OH excluding ortho intramolecular Hbond substituents is 2. The molecule has 0 aliphatic carbocycles. The lowest BCUT2D eigenvalue weighted by Gasteiger charge is -2.20. The molecule has 0 saturated carbocycles. The number of Topliss-reactive ketones (excluding diaryl/α,β-unsaturated/α-hetero) is 1. The van der Waals surface area contributed by atoms with E-state index in [4.69, 9.17) is 11.6 Å². The van der Waals surface area contributed by atoms with Crippen LogP contribution < -0.4 is 0 Å². The highest BCUT2D eigenvalue weighted by molar-refractivity contribution is 6.33. The third-order valence-electron chi connectivity index (χ3n) is 4.13. The minimum absolute atomic E-state index is 0.00492. The van der Waals surface area contributed by atoms with Crippen LogP contribution in [-0.2, 0) is 11.2 Å². The van der Waals surface area contributed by atoms with Gasteiger partial charge in [-0.05, 0) is 31.2 Å². The second-order valence-electron chi connectivity index (χ2n) is 6.03. The number of hydrogen-bond acceptors (Lipinski definition) is 4. The van der Waals surface area contributed by atoms with Crippen molar-refractivity contribution < 1.29 is 19.8 Å². The van der Waals surface area contributed by atoms with Crippen molar-refractivity contribution >= 4 is 23.3 Å². The number of hydrogen-bond donors (Lipinski definition) is 2. The van der Waals surface area contributed by atoms with Crippen molar-refractivity contribution in [3.8, 4) is 11.5 Å². The minimum atomic E-state index is -0.414. The molecule has 0 fully saturated rings. The standard InChI is InChI=1S/C18H22ClNO4/c1-20-9-7-5-3-2-4-6-8-12(21)10-13-16(18(20)24)14(22)11-15(23)17(13)19/h3,5,11,22-23H,2,4,6-10H2,1H3/b5-3-. The zero-order chi connectivity index (χ0) is 17.7. The van der Waals surface area contributed by atoms with Crippen LogP contribution in [0.3, 0.4) is 0 Å². The van der Waals surface area contributed by atoms with Crippen LogP contribution in [0.4, 0.5) is 0 Å². The molecular formula is C18H22ClNO4. The summed E-state index contributed by atoms with van der Waals surface area (Å²) in [4.78, 5) is 26.4. The summed E-state index contributed by atoms with van der Waals surface area (Å²) in [5.41, 5.74) is 0.193. The van der Waals surface area contributed by atoms with Gasteiger partial charge in [-0.25, -0.2) is 0 Å². The first-order valence-electron chi connectivity index (χ1n) is 8.07. The summed E-state index contributed by atoms with van der Waals surface area (Å²) in [6.07, 6.45) is 7.68. The lowest BCUT2D eigenvalue weighted by Crippen LogP contribution is -2.29. The zero-order valence-electron chi connectivity index (χ0n) is 13.7. The number of phenols is 2. The third-order valence-corrected chi connectivity index (χ3v) is 4.55. The molecule has 6 heteroatoms. The molecule has 0 atom stereocenters. The van der Waals surface area contributed by atoms with Gasteiger partial charge >= 0.3 is 0 Å². The second kappa shape index (κ2) is 8.20. The quantitative estimate of drug-likeness (QED) is 0.702. The number of rotatable bonds is 0. The van der Waals surface area contributed by atoms with E-state index in [0.717, 1.165) is 25.3 Å². The largest absolute Gasteiger partial charge is 0.507 e. The van der Waals surface area contributed by atoms with Gasteiger partial charge in [0.25, 0.3) is 5.91 Å². The summed E-state index contributed by atoms with van der Waals surface area (Å²) in [5, 5.41) is 19.9. The molecule has 0 aromatic heterocycles. The number of ketones is 1. The number of allylic oxidation sites excluding steroid dienone is 1. The van der Waals surface area contributed by atoms with Crippen molar-refractivity contribution in [1.29, 1.82) is 0 Å². The highest BCUT2D eigenvalue weighted by Gasteiger charge is 2.25.